The van der Waals surface area contributed by atoms with Crippen LogP contribution < -0.4 is 0 Å². The van der Waals surface area contributed by atoms with Gasteiger partial charge in [-0.3, -0.25) is 0 Å². The molecule has 0 fully saturated rings. The topological polar surface area (TPSA) is 0 Å². The molecule has 2 aromatic rings. The van der Waals surface area contributed by atoms with Crippen LogP contribution in [0.1, 0.15) is 29.2 Å². The highest BCUT2D eigenvalue weighted by Gasteiger charge is 2.09. The molecule has 0 amide bonds. The zero-order valence-electron chi connectivity index (χ0n) is 13.8. The third kappa shape index (κ3) is 3.28. The first-order valence-corrected chi connectivity index (χ1v) is 7.76. The van der Waals surface area contributed by atoms with E-state index in [2.05, 4.69) is 70.3 Å². The standard InChI is InChI=1S/C22H24/c1-6-9-18(7-2)20-13-12-19(8-3)22(15-20)21-14-16(4)10-11-17(21)5/h6-7,9-15H,1-2,8H2,3-5H3/b18-9+. The van der Waals surface area contributed by atoms with Gasteiger partial charge in [0.1, 0.15) is 0 Å². The van der Waals surface area contributed by atoms with Gasteiger partial charge in [-0.15, -0.1) is 0 Å². The Morgan fingerprint density at radius 1 is 1.00 bits per heavy atom. The molecule has 0 bridgehead atoms. The minimum absolute atomic E-state index is 1.03. The van der Waals surface area contributed by atoms with Gasteiger partial charge in [0.2, 0.25) is 0 Å². The third-order valence-corrected chi connectivity index (χ3v) is 4.02. The lowest BCUT2D eigenvalue weighted by Gasteiger charge is -2.14. The maximum Gasteiger partial charge on any atom is -0.0143 e. The van der Waals surface area contributed by atoms with E-state index in [4.69, 9.17) is 0 Å². The van der Waals surface area contributed by atoms with Gasteiger partial charge in [-0.25, -0.2) is 0 Å². The molecule has 0 saturated heterocycles. The molecule has 0 unspecified atom stereocenters. The maximum absolute atomic E-state index is 3.92. The monoisotopic (exact) mass is 288 g/mol. The largest absolute Gasteiger partial charge is 0.0990 e. The Balaban J connectivity index is 2.68. The number of hydrogen-bond donors (Lipinski definition) is 0. The molecule has 0 heteroatoms. The van der Waals surface area contributed by atoms with Crippen molar-refractivity contribution in [2.24, 2.45) is 0 Å². The molecule has 0 aliphatic rings. The van der Waals surface area contributed by atoms with Gasteiger partial charge in [-0.2, -0.15) is 0 Å². The van der Waals surface area contributed by atoms with Crippen LogP contribution in [-0.2, 0) is 6.42 Å². The van der Waals surface area contributed by atoms with Crippen molar-refractivity contribution in [2.75, 3.05) is 0 Å². The third-order valence-electron chi connectivity index (χ3n) is 4.02. The molecule has 0 nitrogen and oxygen atoms in total. The van der Waals surface area contributed by atoms with Crippen molar-refractivity contribution in [3.8, 4) is 11.1 Å². The minimum atomic E-state index is 1.03. The number of rotatable bonds is 5. The van der Waals surface area contributed by atoms with Crippen LogP contribution in [0.4, 0.5) is 0 Å². The summed E-state index contributed by atoms with van der Waals surface area (Å²) in [5, 5.41) is 0. The molecule has 0 N–H and O–H groups in total. The second-order valence-corrected chi connectivity index (χ2v) is 5.61. The Labute approximate surface area is 134 Å². The quantitative estimate of drug-likeness (QED) is 0.567. The van der Waals surface area contributed by atoms with Crippen LogP contribution in [0.3, 0.4) is 0 Å². The lowest BCUT2D eigenvalue weighted by Crippen LogP contribution is -1.93. The highest BCUT2D eigenvalue weighted by atomic mass is 14.1. The van der Waals surface area contributed by atoms with Gasteiger partial charge in [-0.1, -0.05) is 74.2 Å². The molecule has 0 atom stereocenters. The molecule has 0 radical (unpaired) electrons. The van der Waals surface area contributed by atoms with E-state index < -0.39 is 0 Å². The van der Waals surface area contributed by atoms with Crippen molar-refractivity contribution in [2.45, 2.75) is 27.2 Å². The summed E-state index contributed by atoms with van der Waals surface area (Å²) < 4.78 is 0. The molecular weight excluding hydrogens is 264 g/mol. The van der Waals surface area contributed by atoms with Gasteiger partial charge < -0.3 is 0 Å². The first-order valence-electron chi connectivity index (χ1n) is 7.76. The molecule has 112 valence electrons. The minimum Gasteiger partial charge on any atom is -0.0990 e. The summed E-state index contributed by atoms with van der Waals surface area (Å²) in [7, 11) is 0. The molecule has 2 aromatic carbocycles. The molecule has 0 heterocycles. The predicted molar refractivity (Wildman–Crippen MR) is 99.1 cm³/mol. The van der Waals surface area contributed by atoms with Gasteiger partial charge in [0.05, 0.1) is 0 Å². The van der Waals surface area contributed by atoms with E-state index in [1.54, 1.807) is 0 Å². The SMILES string of the molecule is C=C/C=C(\C=C)c1ccc(CC)c(-c2cc(C)ccc2C)c1. The normalized spacial score (nSPS) is 11.3. The van der Waals surface area contributed by atoms with Crippen LogP contribution in [0.25, 0.3) is 16.7 Å². The van der Waals surface area contributed by atoms with Crippen molar-refractivity contribution >= 4 is 5.57 Å². The Hall–Kier alpha value is -2.34. The highest BCUT2D eigenvalue weighted by molar-refractivity contribution is 5.80. The molecular formula is C22H24. The highest BCUT2D eigenvalue weighted by Crippen LogP contribution is 2.31. The summed E-state index contributed by atoms with van der Waals surface area (Å²) in [5.41, 5.74) is 8.90. The van der Waals surface area contributed by atoms with Crippen molar-refractivity contribution in [1.29, 1.82) is 0 Å². The van der Waals surface area contributed by atoms with Gasteiger partial charge in [0, 0.05) is 0 Å². The van der Waals surface area contributed by atoms with Crippen LogP contribution in [0, 0.1) is 13.8 Å². The Bertz CT molecular complexity index is 730. The van der Waals surface area contributed by atoms with E-state index in [1.165, 1.54) is 33.4 Å². The molecule has 0 aliphatic heterocycles. The predicted octanol–water partition coefficient (Wildman–Crippen LogP) is 6.29. The second-order valence-electron chi connectivity index (χ2n) is 5.61. The summed E-state index contributed by atoms with van der Waals surface area (Å²) in [6.45, 7) is 14.2. The van der Waals surface area contributed by atoms with Crippen LogP contribution in [-0.4, -0.2) is 0 Å². The van der Waals surface area contributed by atoms with E-state index in [0.29, 0.717) is 0 Å². The van der Waals surface area contributed by atoms with Crippen molar-refractivity contribution in [3.63, 3.8) is 0 Å². The lowest BCUT2D eigenvalue weighted by atomic mass is 9.90. The number of aryl methyl sites for hydroxylation is 3. The maximum atomic E-state index is 3.92. The number of hydrogen-bond acceptors (Lipinski definition) is 0. The first kappa shape index (κ1) is 16.0. The Morgan fingerprint density at radius 2 is 1.77 bits per heavy atom. The molecule has 0 aliphatic carbocycles. The van der Waals surface area contributed by atoms with Crippen LogP contribution in [0.2, 0.25) is 0 Å². The first-order chi connectivity index (χ1) is 10.6. The van der Waals surface area contributed by atoms with Gasteiger partial charge in [0.15, 0.2) is 0 Å². The number of allylic oxidation sites excluding steroid dienone is 4. The van der Waals surface area contributed by atoms with E-state index in [9.17, 15) is 0 Å². The molecule has 0 saturated carbocycles. The number of benzene rings is 2. The second kappa shape index (κ2) is 7.09. The Morgan fingerprint density at radius 3 is 2.41 bits per heavy atom. The fraction of sp³-hybridized carbons (Fsp3) is 0.182. The van der Waals surface area contributed by atoms with E-state index in [1.807, 2.05) is 18.2 Å². The summed E-state index contributed by atoms with van der Waals surface area (Å²) in [6, 6.07) is 13.3. The van der Waals surface area contributed by atoms with Gasteiger partial charge in [-0.05, 0) is 59.7 Å². The van der Waals surface area contributed by atoms with E-state index >= 15 is 0 Å². The van der Waals surface area contributed by atoms with Crippen LogP contribution in [0.5, 0.6) is 0 Å². The fourth-order valence-corrected chi connectivity index (χ4v) is 2.75. The zero-order chi connectivity index (χ0) is 16.1. The summed E-state index contributed by atoms with van der Waals surface area (Å²) in [5.74, 6) is 0. The van der Waals surface area contributed by atoms with Crippen molar-refractivity contribution in [3.05, 3.63) is 90.0 Å². The molecule has 2 rings (SSSR count). The lowest BCUT2D eigenvalue weighted by molar-refractivity contribution is 1.14. The summed E-state index contributed by atoms with van der Waals surface area (Å²) in [6.07, 6.45) is 6.72. The zero-order valence-corrected chi connectivity index (χ0v) is 13.8. The molecule has 0 spiro atoms. The average molecular weight is 288 g/mol. The van der Waals surface area contributed by atoms with Crippen molar-refractivity contribution in [1.82, 2.24) is 0 Å². The van der Waals surface area contributed by atoms with Gasteiger partial charge >= 0.3 is 0 Å². The summed E-state index contributed by atoms with van der Waals surface area (Å²) >= 11 is 0. The van der Waals surface area contributed by atoms with E-state index in [0.717, 1.165) is 12.0 Å². The Kier molecular flexibility index (Phi) is 5.16. The van der Waals surface area contributed by atoms with Gasteiger partial charge in [0.25, 0.3) is 0 Å². The molecule has 0 aromatic heterocycles. The van der Waals surface area contributed by atoms with Crippen LogP contribution in [0.15, 0.2) is 67.8 Å². The van der Waals surface area contributed by atoms with Crippen molar-refractivity contribution < 1.29 is 0 Å². The smallest absolute Gasteiger partial charge is 0.0143 e. The van der Waals surface area contributed by atoms with E-state index in [-0.39, 0.29) is 0 Å². The summed E-state index contributed by atoms with van der Waals surface area (Å²) in [4.78, 5) is 0. The molecule has 22 heavy (non-hydrogen) atoms. The fourth-order valence-electron chi connectivity index (χ4n) is 2.75. The average Bonchev–Trinajstić information content (AvgIpc) is 2.54. The van der Waals surface area contributed by atoms with Crippen LogP contribution >= 0.6 is 0 Å².